The van der Waals surface area contributed by atoms with Gasteiger partial charge in [0.25, 0.3) is 10.2 Å². The van der Waals surface area contributed by atoms with Gasteiger partial charge in [0.05, 0.1) is 6.61 Å². The average molecular weight is 263 g/mol. The van der Waals surface area contributed by atoms with Crippen LogP contribution in [-0.2, 0) is 14.9 Å². The molecule has 2 aliphatic rings. The van der Waals surface area contributed by atoms with Crippen molar-refractivity contribution in [2.45, 2.75) is 18.9 Å². The highest BCUT2D eigenvalue weighted by Crippen LogP contribution is 2.27. The maximum Gasteiger partial charge on any atom is 0.279 e. The first-order valence-corrected chi connectivity index (χ1v) is 7.55. The predicted molar refractivity (Wildman–Crippen MR) is 64.9 cm³/mol. The van der Waals surface area contributed by atoms with Crippen LogP contribution in [-0.4, -0.2) is 58.7 Å². The number of nitrogens with zero attached hydrogens (tertiary/aromatic N) is 1. The van der Waals surface area contributed by atoms with E-state index in [0.717, 1.165) is 25.9 Å². The summed E-state index contributed by atoms with van der Waals surface area (Å²) in [7, 11) is -1.78. The predicted octanol–water partition coefficient (Wildman–Crippen LogP) is -0.849. The molecule has 2 N–H and O–H groups in total. The van der Waals surface area contributed by atoms with E-state index < -0.39 is 10.2 Å². The van der Waals surface area contributed by atoms with E-state index in [1.165, 1.54) is 0 Å². The van der Waals surface area contributed by atoms with Crippen LogP contribution in [0.15, 0.2) is 0 Å². The summed E-state index contributed by atoms with van der Waals surface area (Å²) in [5.41, 5.74) is 0. The van der Waals surface area contributed by atoms with E-state index in [9.17, 15) is 8.42 Å². The molecular weight excluding hydrogens is 242 g/mol. The summed E-state index contributed by atoms with van der Waals surface area (Å²) in [5.74, 6) is 0.475. The van der Waals surface area contributed by atoms with Crippen LogP contribution in [0.25, 0.3) is 0 Å². The van der Waals surface area contributed by atoms with E-state index in [2.05, 4.69) is 10.0 Å². The van der Waals surface area contributed by atoms with Crippen LogP contribution in [0.5, 0.6) is 0 Å². The second-order valence-corrected chi connectivity index (χ2v) is 6.34. The molecule has 2 fully saturated rings. The lowest BCUT2D eigenvalue weighted by atomic mass is 9.94. The highest BCUT2D eigenvalue weighted by atomic mass is 32.2. The Morgan fingerprint density at radius 3 is 3.06 bits per heavy atom. The molecule has 0 aliphatic carbocycles. The Morgan fingerprint density at radius 2 is 2.29 bits per heavy atom. The summed E-state index contributed by atoms with van der Waals surface area (Å²) in [6.07, 6.45) is 2.08. The van der Waals surface area contributed by atoms with Crippen molar-refractivity contribution < 1.29 is 13.2 Å². The van der Waals surface area contributed by atoms with E-state index in [4.69, 9.17) is 4.74 Å². The van der Waals surface area contributed by atoms with Crippen molar-refractivity contribution in [3.63, 3.8) is 0 Å². The smallest absolute Gasteiger partial charge is 0.279 e. The van der Waals surface area contributed by atoms with Crippen molar-refractivity contribution in [3.05, 3.63) is 0 Å². The lowest BCUT2D eigenvalue weighted by molar-refractivity contribution is 0.197. The first-order chi connectivity index (χ1) is 8.15. The van der Waals surface area contributed by atoms with Gasteiger partial charge in [-0.1, -0.05) is 0 Å². The zero-order valence-corrected chi connectivity index (χ0v) is 11.0. The first kappa shape index (κ1) is 13.2. The van der Waals surface area contributed by atoms with Gasteiger partial charge in [-0.05, 0) is 25.3 Å². The number of hydrogen-bond donors (Lipinski definition) is 2. The molecule has 100 valence electrons. The Hall–Kier alpha value is -0.210. The highest BCUT2D eigenvalue weighted by molar-refractivity contribution is 7.87. The van der Waals surface area contributed by atoms with Gasteiger partial charge in [-0.25, -0.2) is 0 Å². The van der Waals surface area contributed by atoms with Crippen LogP contribution in [0.1, 0.15) is 12.8 Å². The van der Waals surface area contributed by atoms with Gasteiger partial charge in [0, 0.05) is 32.8 Å². The third-order valence-electron chi connectivity index (χ3n) is 3.53. The first-order valence-electron chi connectivity index (χ1n) is 6.11. The van der Waals surface area contributed by atoms with E-state index in [-0.39, 0.29) is 6.04 Å². The van der Waals surface area contributed by atoms with Crippen molar-refractivity contribution >= 4 is 10.2 Å². The van der Waals surface area contributed by atoms with Gasteiger partial charge in [-0.15, -0.1) is 0 Å². The van der Waals surface area contributed by atoms with Crippen molar-refractivity contribution in [1.82, 2.24) is 14.3 Å². The Kier molecular flexibility index (Phi) is 4.37. The molecule has 2 aliphatic heterocycles. The second-order valence-electron chi connectivity index (χ2n) is 4.63. The molecule has 7 heteroatoms. The SMILES string of the molecule is COCCNS(=O)(=O)N1CCCC2CNCC21. The molecule has 2 saturated heterocycles. The summed E-state index contributed by atoms with van der Waals surface area (Å²) in [6.45, 7) is 3.08. The number of ether oxygens (including phenoxy) is 1. The van der Waals surface area contributed by atoms with Gasteiger partial charge in [-0.3, -0.25) is 0 Å². The molecule has 0 aromatic rings. The van der Waals surface area contributed by atoms with Gasteiger partial charge in [0.15, 0.2) is 0 Å². The van der Waals surface area contributed by atoms with Crippen LogP contribution < -0.4 is 10.0 Å². The zero-order chi connectivity index (χ0) is 12.3. The molecule has 2 heterocycles. The van der Waals surface area contributed by atoms with Crippen molar-refractivity contribution in [2.24, 2.45) is 5.92 Å². The Balaban J connectivity index is 1.99. The van der Waals surface area contributed by atoms with Crippen LogP contribution in [0.3, 0.4) is 0 Å². The van der Waals surface area contributed by atoms with Crippen LogP contribution in [0.4, 0.5) is 0 Å². The highest BCUT2D eigenvalue weighted by Gasteiger charge is 2.40. The number of piperidine rings is 1. The maximum atomic E-state index is 12.1. The standard InChI is InChI=1S/C10H21N3O3S/c1-16-6-4-12-17(14,15)13-5-2-3-9-7-11-8-10(9)13/h9-12H,2-8H2,1H3. The minimum Gasteiger partial charge on any atom is -0.383 e. The molecule has 0 radical (unpaired) electrons. The molecule has 0 amide bonds. The number of hydrogen-bond acceptors (Lipinski definition) is 4. The van der Waals surface area contributed by atoms with E-state index in [1.54, 1.807) is 11.4 Å². The van der Waals surface area contributed by atoms with Gasteiger partial charge in [0.2, 0.25) is 0 Å². The molecule has 17 heavy (non-hydrogen) atoms. The molecular formula is C10H21N3O3S. The van der Waals surface area contributed by atoms with Gasteiger partial charge in [0.1, 0.15) is 0 Å². The average Bonchev–Trinajstić information content (AvgIpc) is 2.76. The maximum absolute atomic E-state index is 12.1. The minimum absolute atomic E-state index is 0.129. The molecule has 0 saturated carbocycles. The number of rotatable bonds is 5. The number of fused-ring (bicyclic) bond motifs is 1. The topological polar surface area (TPSA) is 70.7 Å². The van der Waals surface area contributed by atoms with Crippen molar-refractivity contribution in [1.29, 1.82) is 0 Å². The lowest BCUT2D eigenvalue weighted by Gasteiger charge is -2.35. The van der Waals surface area contributed by atoms with Gasteiger partial charge < -0.3 is 10.1 Å². The van der Waals surface area contributed by atoms with E-state index >= 15 is 0 Å². The summed E-state index contributed by atoms with van der Waals surface area (Å²) in [4.78, 5) is 0. The largest absolute Gasteiger partial charge is 0.383 e. The molecule has 6 nitrogen and oxygen atoms in total. The zero-order valence-electron chi connectivity index (χ0n) is 10.2. The van der Waals surface area contributed by atoms with Crippen LogP contribution in [0, 0.1) is 5.92 Å². The Morgan fingerprint density at radius 1 is 1.47 bits per heavy atom. The summed E-state index contributed by atoms with van der Waals surface area (Å²) >= 11 is 0. The second kappa shape index (κ2) is 5.62. The Bertz CT molecular complexity index is 347. The number of nitrogens with one attached hydrogen (secondary N) is 2. The fourth-order valence-corrected chi connectivity index (χ4v) is 4.16. The summed E-state index contributed by atoms with van der Waals surface area (Å²) in [6, 6.07) is 0.129. The molecule has 2 rings (SSSR count). The fourth-order valence-electron chi connectivity index (χ4n) is 2.68. The molecule has 2 unspecified atom stereocenters. The Labute approximate surface area is 103 Å². The normalized spacial score (nSPS) is 30.4. The minimum atomic E-state index is -3.35. The van der Waals surface area contributed by atoms with Crippen molar-refractivity contribution in [3.8, 4) is 0 Å². The van der Waals surface area contributed by atoms with E-state index in [0.29, 0.717) is 25.6 Å². The van der Waals surface area contributed by atoms with Gasteiger partial charge >= 0.3 is 0 Å². The molecule has 0 spiro atoms. The van der Waals surface area contributed by atoms with Crippen LogP contribution in [0.2, 0.25) is 0 Å². The molecule has 2 atom stereocenters. The third kappa shape index (κ3) is 2.97. The molecule has 0 aromatic heterocycles. The van der Waals surface area contributed by atoms with Gasteiger partial charge in [-0.2, -0.15) is 17.4 Å². The lowest BCUT2D eigenvalue weighted by Crippen LogP contribution is -2.52. The summed E-state index contributed by atoms with van der Waals surface area (Å²) in [5, 5.41) is 3.28. The monoisotopic (exact) mass is 263 g/mol. The number of methoxy groups -OCH3 is 1. The van der Waals surface area contributed by atoms with Crippen LogP contribution >= 0.6 is 0 Å². The third-order valence-corrected chi connectivity index (χ3v) is 5.17. The molecule has 0 bridgehead atoms. The fraction of sp³-hybridized carbons (Fsp3) is 1.00. The molecule has 0 aromatic carbocycles. The summed E-state index contributed by atoms with van der Waals surface area (Å²) < 4.78 is 33.3. The van der Waals surface area contributed by atoms with E-state index in [1.807, 2.05) is 0 Å². The quantitative estimate of drug-likeness (QED) is 0.634. The van der Waals surface area contributed by atoms with Crippen molar-refractivity contribution in [2.75, 3.05) is 39.9 Å².